The van der Waals surface area contributed by atoms with Gasteiger partial charge in [-0.1, -0.05) is 184 Å². The fraction of sp³-hybridized carbons (Fsp3) is 0.107. The van der Waals surface area contributed by atoms with E-state index >= 15 is 0 Å². The van der Waals surface area contributed by atoms with Gasteiger partial charge in [-0.05, 0) is 112 Å². The normalized spacial score (nSPS) is 14.9. The van der Waals surface area contributed by atoms with Crippen LogP contribution in [0.2, 0.25) is 0 Å². The van der Waals surface area contributed by atoms with Gasteiger partial charge >= 0.3 is 0 Å². The zero-order valence-corrected chi connectivity index (χ0v) is 33.0. The maximum absolute atomic E-state index is 2.65. The van der Waals surface area contributed by atoms with Crippen LogP contribution in [0.3, 0.4) is 0 Å². The van der Waals surface area contributed by atoms with Crippen molar-refractivity contribution in [2.45, 2.75) is 38.5 Å². The summed E-state index contributed by atoms with van der Waals surface area (Å²) in [6, 6.07) is 64.9. The van der Waals surface area contributed by atoms with Crippen LogP contribution < -0.4 is 16.4 Å². The van der Waals surface area contributed by atoms with Gasteiger partial charge in [-0.3, -0.25) is 0 Å². The quantitative estimate of drug-likeness (QED) is 0.123. The molecule has 1 nitrogen and oxygen atoms in total. The van der Waals surface area contributed by atoms with Crippen molar-refractivity contribution in [2.24, 2.45) is 0 Å². The maximum Gasteiger partial charge on any atom is 0.248 e. The zero-order chi connectivity index (χ0) is 38.4. The van der Waals surface area contributed by atoms with Crippen molar-refractivity contribution in [2.75, 3.05) is 0 Å². The minimum Gasteiger partial charge on any atom is -0.310 e. The van der Waals surface area contributed by atoms with E-state index in [2.05, 4.69) is 195 Å². The molecular weight excluding hydrogens is 697 g/mol. The summed E-state index contributed by atoms with van der Waals surface area (Å²) in [6.45, 7) is 7.10. The van der Waals surface area contributed by atoms with Crippen molar-refractivity contribution in [3.8, 4) is 39.2 Å². The molecule has 0 unspecified atom stereocenters. The topological polar surface area (TPSA) is 4.93 Å². The molecule has 0 spiro atoms. The van der Waals surface area contributed by atoms with E-state index in [0.717, 1.165) is 6.42 Å². The molecule has 58 heavy (non-hydrogen) atoms. The molecule has 0 radical (unpaired) electrons. The highest BCUT2D eigenvalue weighted by atomic mass is 15.0. The molecule has 0 amide bonds. The SMILES string of the molecule is CC(C)(C)c1ccc2c(c1)C[C@@H]1c3cccc4c3B(c3c1c-2cc1c2ccccc2c2ccccc2c31)c1cccc2c(-c3ccccc3)c(-c3ccccc3)n-4c12. The number of nitrogens with zero attached hydrogens (tertiary/aromatic N) is 1. The second-order valence-electron chi connectivity index (χ2n) is 17.9. The molecule has 3 heterocycles. The Morgan fingerprint density at radius 3 is 1.91 bits per heavy atom. The number of benzene rings is 9. The Kier molecular flexibility index (Phi) is 6.43. The first-order valence-corrected chi connectivity index (χ1v) is 20.9. The van der Waals surface area contributed by atoms with Gasteiger partial charge in [0.25, 0.3) is 0 Å². The number of fused-ring (bicyclic) bond motifs is 13. The van der Waals surface area contributed by atoms with Gasteiger partial charge in [0.2, 0.25) is 6.71 Å². The van der Waals surface area contributed by atoms with Crippen molar-refractivity contribution in [1.29, 1.82) is 0 Å². The number of hydrogen-bond donors (Lipinski definition) is 0. The smallest absolute Gasteiger partial charge is 0.248 e. The van der Waals surface area contributed by atoms with E-state index in [1.807, 2.05) is 0 Å². The second-order valence-corrected chi connectivity index (χ2v) is 17.9. The first kappa shape index (κ1) is 32.5. The van der Waals surface area contributed by atoms with Crippen molar-refractivity contribution >= 4 is 66.3 Å². The second kappa shape index (κ2) is 11.5. The zero-order valence-electron chi connectivity index (χ0n) is 33.0. The first-order valence-electron chi connectivity index (χ1n) is 20.9. The number of para-hydroxylation sites is 1. The van der Waals surface area contributed by atoms with Crippen molar-refractivity contribution in [3.05, 3.63) is 192 Å². The van der Waals surface area contributed by atoms with E-state index in [4.69, 9.17) is 0 Å². The molecule has 13 rings (SSSR count). The molecule has 0 fully saturated rings. The molecule has 9 aromatic carbocycles. The number of rotatable bonds is 2. The Labute approximate surface area is 339 Å². The molecule has 1 aromatic heterocycles. The minimum absolute atomic E-state index is 0.0658. The highest BCUT2D eigenvalue weighted by Gasteiger charge is 2.46. The fourth-order valence-corrected chi connectivity index (χ4v) is 11.5. The Hall–Kier alpha value is -6.64. The highest BCUT2D eigenvalue weighted by molar-refractivity contribution is 7.00. The molecule has 3 aliphatic rings. The minimum atomic E-state index is 0.0658. The van der Waals surface area contributed by atoms with Crippen LogP contribution in [0.1, 0.15) is 48.9 Å². The van der Waals surface area contributed by atoms with Crippen LogP contribution in [-0.4, -0.2) is 11.3 Å². The summed E-state index contributed by atoms with van der Waals surface area (Å²) in [6.07, 6.45) is 0.989. The largest absolute Gasteiger partial charge is 0.310 e. The Morgan fingerprint density at radius 2 is 1.17 bits per heavy atom. The van der Waals surface area contributed by atoms with Crippen LogP contribution in [0.15, 0.2) is 170 Å². The monoisotopic (exact) mass is 737 g/mol. The summed E-state index contributed by atoms with van der Waals surface area (Å²) in [5, 5.41) is 9.43. The first-order chi connectivity index (χ1) is 28.5. The van der Waals surface area contributed by atoms with Gasteiger partial charge in [0.15, 0.2) is 0 Å². The van der Waals surface area contributed by atoms with Gasteiger partial charge in [-0.15, -0.1) is 0 Å². The summed E-state index contributed by atoms with van der Waals surface area (Å²) in [7, 11) is 0. The summed E-state index contributed by atoms with van der Waals surface area (Å²) in [4.78, 5) is 0. The fourth-order valence-electron chi connectivity index (χ4n) is 11.5. The molecule has 10 aromatic rings. The summed E-state index contributed by atoms with van der Waals surface area (Å²) < 4.78 is 2.65. The lowest BCUT2D eigenvalue weighted by molar-refractivity contribution is 0.588. The Balaban J connectivity index is 1.25. The van der Waals surface area contributed by atoms with Crippen LogP contribution >= 0.6 is 0 Å². The molecular formula is C56H40BN. The van der Waals surface area contributed by atoms with E-state index in [1.165, 1.54) is 121 Å². The molecule has 0 saturated carbocycles. The van der Waals surface area contributed by atoms with Gasteiger partial charge in [0.05, 0.1) is 5.69 Å². The molecule has 1 aliphatic carbocycles. The van der Waals surface area contributed by atoms with Crippen LogP contribution in [0.25, 0.3) is 82.4 Å². The summed E-state index contributed by atoms with van der Waals surface area (Å²) in [5.74, 6) is 0.235. The third kappa shape index (κ3) is 4.17. The van der Waals surface area contributed by atoms with Crippen LogP contribution in [0.5, 0.6) is 0 Å². The van der Waals surface area contributed by atoms with E-state index in [1.54, 1.807) is 0 Å². The number of aromatic nitrogens is 1. The third-order valence-corrected chi connectivity index (χ3v) is 13.9. The lowest BCUT2D eigenvalue weighted by Gasteiger charge is -2.42. The lowest BCUT2D eigenvalue weighted by atomic mass is 9.30. The average Bonchev–Trinajstić information content (AvgIpc) is 3.62. The van der Waals surface area contributed by atoms with Crippen LogP contribution in [0.4, 0.5) is 0 Å². The molecule has 0 saturated heterocycles. The van der Waals surface area contributed by atoms with Crippen molar-refractivity contribution < 1.29 is 0 Å². The van der Waals surface area contributed by atoms with E-state index in [9.17, 15) is 0 Å². The Morgan fingerprint density at radius 1 is 0.534 bits per heavy atom. The molecule has 2 heteroatoms. The van der Waals surface area contributed by atoms with E-state index < -0.39 is 0 Å². The van der Waals surface area contributed by atoms with Crippen molar-refractivity contribution in [1.82, 2.24) is 4.57 Å². The van der Waals surface area contributed by atoms with Gasteiger partial charge in [0.1, 0.15) is 0 Å². The predicted molar refractivity (Wildman–Crippen MR) is 247 cm³/mol. The molecule has 0 N–H and O–H groups in total. The highest BCUT2D eigenvalue weighted by Crippen LogP contribution is 2.50. The molecule has 0 bridgehead atoms. The predicted octanol–water partition coefficient (Wildman–Crippen LogP) is 12.2. The van der Waals surface area contributed by atoms with Gasteiger partial charge in [-0.25, -0.2) is 0 Å². The molecule has 2 aliphatic heterocycles. The molecule has 1 atom stereocenters. The van der Waals surface area contributed by atoms with Gasteiger partial charge in [-0.2, -0.15) is 0 Å². The van der Waals surface area contributed by atoms with Crippen LogP contribution in [0, 0.1) is 0 Å². The average molecular weight is 738 g/mol. The van der Waals surface area contributed by atoms with Crippen LogP contribution in [-0.2, 0) is 11.8 Å². The van der Waals surface area contributed by atoms with E-state index in [0.29, 0.717) is 0 Å². The molecule has 272 valence electrons. The summed E-state index contributed by atoms with van der Waals surface area (Å²) >= 11 is 0. The van der Waals surface area contributed by atoms with Crippen molar-refractivity contribution in [3.63, 3.8) is 0 Å². The number of hydrogen-bond acceptors (Lipinski definition) is 0. The maximum atomic E-state index is 2.65. The third-order valence-electron chi connectivity index (χ3n) is 13.9. The lowest BCUT2D eigenvalue weighted by Crippen LogP contribution is -2.61. The van der Waals surface area contributed by atoms with E-state index in [-0.39, 0.29) is 18.0 Å². The van der Waals surface area contributed by atoms with Gasteiger partial charge < -0.3 is 4.57 Å². The Bertz CT molecular complexity index is 3400. The van der Waals surface area contributed by atoms with Gasteiger partial charge in [0, 0.05) is 28.1 Å². The standard InChI is InChI=1S/C56H40BN/c1-56(2,3)36-28-29-37-35(30-36)31-44-42-24-15-27-48-52(42)57(53-50-41-23-13-12-21-39(41)38-20-10-11-22-40(38)46(50)32-45(37)51(44)53)47-26-14-25-43-49(33-16-6-4-7-17-33)54(58(48)55(43)47)34-18-8-5-9-19-34/h4-30,32,44H,31H2,1-3H3/t44-/m1/s1. The summed E-state index contributed by atoms with van der Waals surface area (Å²) in [5.41, 5.74) is 20.8.